The highest BCUT2D eigenvalue weighted by Crippen LogP contribution is 2.47. The highest BCUT2D eigenvalue weighted by molar-refractivity contribution is 6.32. The van der Waals surface area contributed by atoms with Crippen LogP contribution >= 0.6 is 23.2 Å². The second-order valence-electron chi connectivity index (χ2n) is 7.64. The molecule has 0 spiro atoms. The number of nitrogens with two attached hydrogens (primary N) is 2. The predicted octanol–water partition coefficient (Wildman–Crippen LogP) is 5.46. The van der Waals surface area contributed by atoms with Crippen LogP contribution in [0.15, 0.2) is 59.2 Å². The van der Waals surface area contributed by atoms with Crippen LogP contribution in [0, 0.1) is 5.92 Å². The van der Waals surface area contributed by atoms with E-state index in [0.29, 0.717) is 34.4 Å². The number of nitrogens with zero attached hydrogens (tertiary/aromatic N) is 1. The van der Waals surface area contributed by atoms with Crippen LogP contribution in [0.3, 0.4) is 0 Å². The van der Waals surface area contributed by atoms with Crippen molar-refractivity contribution in [2.45, 2.75) is 37.3 Å². The van der Waals surface area contributed by atoms with Crippen molar-refractivity contribution in [3.8, 4) is 0 Å². The summed E-state index contributed by atoms with van der Waals surface area (Å²) < 4.78 is 13.9. The molecule has 4 rings (SSSR count). The smallest absolute Gasteiger partial charge is 0.110 e. The van der Waals surface area contributed by atoms with Gasteiger partial charge in [-0.15, -0.1) is 0 Å². The lowest BCUT2D eigenvalue weighted by atomic mass is 9.62. The molecule has 0 bridgehead atoms. The molecule has 2 aliphatic rings. The van der Waals surface area contributed by atoms with Crippen LogP contribution in [0.4, 0.5) is 4.39 Å². The Morgan fingerprint density at radius 3 is 2.21 bits per heavy atom. The third-order valence-corrected chi connectivity index (χ3v) is 6.25. The van der Waals surface area contributed by atoms with Gasteiger partial charge in [0.05, 0.1) is 16.8 Å². The largest absolute Gasteiger partial charge is 0.397 e. The molecule has 0 heterocycles. The van der Waals surface area contributed by atoms with Crippen molar-refractivity contribution >= 4 is 34.7 Å². The van der Waals surface area contributed by atoms with Crippen molar-refractivity contribution in [1.29, 1.82) is 0 Å². The first-order valence-corrected chi connectivity index (χ1v) is 10.2. The molecule has 0 saturated heterocycles. The Morgan fingerprint density at radius 1 is 1.00 bits per heavy atom. The zero-order chi connectivity index (χ0) is 19.9. The van der Waals surface area contributed by atoms with E-state index < -0.39 is 11.6 Å². The first kappa shape index (κ1) is 19.3. The Bertz CT molecular complexity index is 943. The summed E-state index contributed by atoms with van der Waals surface area (Å²) in [5.41, 5.74) is 15.3. The molecule has 146 valence electrons. The molecule has 0 aliphatic heterocycles. The summed E-state index contributed by atoms with van der Waals surface area (Å²) >= 11 is 12.3. The van der Waals surface area contributed by atoms with Crippen LogP contribution in [0.5, 0.6) is 0 Å². The van der Waals surface area contributed by atoms with Crippen LogP contribution in [0.1, 0.15) is 36.8 Å². The Kier molecular flexibility index (Phi) is 5.11. The zero-order valence-electron chi connectivity index (χ0n) is 15.3. The van der Waals surface area contributed by atoms with Crippen LogP contribution in [-0.4, -0.2) is 12.0 Å². The molecule has 2 aromatic carbocycles. The van der Waals surface area contributed by atoms with Gasteiger partial charge in [-0.3, -0.25) is 0 Å². The van der Waals surface area contributed by atoms with Crippen LogP contribution in [0.25, 0.3) is 5.70 Å². The lowest BCUT2D eigenvalue weighted by Crippen LogP contribution is -2.52. The lowest BCUT2D eigenvalue weighted by Gasteiger charge is -2.44. The molecular weight excluding hydrogens is 396 g/mol. The van der Waals surface area contributed by atoms with Gasteiger partial charge in [0, 0.05) is 21.5 Å². The fourth-order valence-corrected chi connectivity index (χ4v) is 4.20. The molecule has 0 unspecified atom stereocenters. The third kappa shape index (κ3) is 3.51. The van der Waals surface area contributed by atoms with Gasteiger partial charge >= 0.3 is 0 Å². The summed E-state index contributed by atoms with van der Waals surface area (Å²) in [7, 11) is 0. The maximum absolute atomic E-state index is 13.9. The van der Waals surface area contributed by atoms with Crippen molar-refractivity contribution in [2.75, 3.05) is 0 Å². The standard InChI is InChI=1S/C22H22Cl2FN3/c23-15-9-7-14(8-10-15)22(11-16(25)12-22)21(27)28-20(13-5-6-13)19(26)17-3-1-2-4-18(17)24/h1-4,7-10,13,16H,5-6,11-12,26H2,(H2,27,28)/b20-19-. The van der Waals surface area contributed by atoms with Gasteiger partial charge in [0.25, 0.3) is 0 Å². The molecule has 0 radical (unpaired) electrons. The average molecular weight is 418 g/mol. The van der Waals surface area contributed by atoms with Gasteiger partial charge < -0.3 is 11.5 Å². The van der Waals surface area contributed by atoms with E-state index in [1.54, 1.807) is 18.2 Å². The van der Waals surface area contributed by atoms with Crippen molar-refractivity contribution in [1.82, 2.24) is 0 Å². The first-order chi connectivity index (χ1) is 13.4. The molecule has 6 heteroatoms. The quantitative estimate of drug-likeness (QED) is 0.501. The second-order valence-corrected chi connectivity index (χ2v) is 8.49. The van der Waals surface area contributed by atoms with Gasteiger partial charge in [0.1, 0.15) is 12.0 Å². The topological polar surface area (TPSA) is 64.4 Å². The number of allylic oxidation sites excluding steroid dienone is 1. The molecule has 2 aromatic rings. The molecule has 0 atom stereocenters. The van der Waals surface area contributed by atoms with Crippen molar-refractivity contribution in [2.24, 2.45) is 22.4 Å². The van der Waals surface area contributed by atoms with Gasteiger partial charge in [-0.1, -0.05) is 53.5 Å². The van der Waals surface area contributed by atoms with E-state index in [4.69, 9.17) is 39.7 Å². The predicted molar refractivity (Wildman–Crippen MR) is 114 cm³/mol. The second kappa shape index (κ2) is 7.41. The molecule has 2 fully saturated rings. The molecule has 0 aromatic heterocycles. The minimum absolute atomic E-state index is 0.262. The van der Waals surface area contributed by atoms with Crippen molar-refractivity contribution in [3.05, 3.63) is 75.4 Å². The van der Waals surface area contributed by atoms with Gasteiger partial charge in [-0.25, -0.2) is 9.38 Å². The summed E-state index contributed by atoms with van der Waals surface area (Å²) in [5, 5.41) is 1.21. The van der Waals surface area contributed by atoms with E-state index >= 15 is 0 Å². The number of amidine groups is 1. The number of hydrogen-bond donors (Lipinski definition) is 2. The van der Waals surface area contributed by atoms with E-state index in [9.17, 15) is 4.39 Å². The van der Waals surface area contributed by atoms with Crippen molar-refractivity contribution in [3.63, 3.8) is 0 Å². The lowest BCUT2D eigenvalue weighted by molar-refractivity contribution is 0.141. The number of alkyl halides is 1. The number of hydrogen-bond acceptors (Lipinski definition) is 2. The monoisotopic (exact) mass is 417 g/mol. The summed E-state index contributed by atoms with van der Waals surface area (Å²) in [6.07, 6.45) is 1.76. The number of aliphatic imine (C=N–C) groups is 1. The van der Waals surface area contributed by atoms with Gasteiger partial charge in [0.2, 0.25) is 0 Å². The highest BCUT2D eigenvalue weighted by Gasteiger charge is 2.49. The maximum Gasteiger partial charge on any atom is 0.110 e. The van der Waals surface area contributed by atoms with E-state index in [0.717, 1.165) is 29.7 Å². The minimum Gasteiger partial charge on any atom is -0.397 e. The fourth-order valence-electron chi connectivity index (χ4n) is 3.84. The van der Waals surface area contributed by atoms with E-state index in [1.165, 1.54) is 0 Å². The SMILES string of the molecule is NC(=N/C(=C(\N)c1ccccc1Cl)C1CC1)C1(c2ccc(Cl)cc2)CC(F)C1. The Hall–Kier alpha value is -2.04. The molecule has 3 nitrogen and oxygen atoms in total. The number of halogens is 3. The van der Waals surface area contributed by atoms with Crippen molar-refractivity contribution < 1.29 is 4.39 Å². The first-order valence-electron chi connectivity index (χ1n) is 9.40. The Balaban J connectivity index is 1.77. The van der Waals surface area contributed by atoms with E-state index in [2.05, 4.69) is 0 Å². The highest BCUT2D eigenvalue weighted by atomic mass is 35.5. The van der Waals surface area contributed by atoms with E-state index in [1.807, 2.05) is 30.3 Å². The normalized spacial score (nSPS) is 25.8. The Morgan fingerprint density at radius 2 is 1.64 bits per heavy atom. The third-order valence-electron chi connectivity index (χ3n) is 5.67. The summed E-state index contributed by atoms with van der Waals surface area (Å²) in [6, 6.07) is 14.8. The zero-order valence-corrected chi connectivity index (χ0v) is 16.8. The maximum atomic E-state index is 13.9. The molecule has 2 aliphatic carbocycles. The average Bonchev–Trinajstić information content (AvgIpc) is 3.49. The minimum atomic E-state index is -0.890. The van der Waals surface area contributed by atoms with Gasteiger partial charge in [-0.05, 0) is 49.4 Å². The van der Waals surface area contributed by atoms with E-state index in [-0.39, 0.29) is 5.92 Å². The molecule has 2 saturated carbocycles. The van der Waals surface area contributed by atoms with Crippen LogP contribution in [0.2, 0.25) is 10.0 Å². The van der Waals surface area contributed by atoms with Crippen LogP contribution in [-0.2, 0) is 5.41 Å². The van der Waals surface area contributed by atoms with Gasteiger partial charge in [-0.2, -0.15) is 0 Å². The molecule has 4 N–H and O–H groups in total. The van der Waals surface area contributed by atoms with Gasteiger partial charge in [0.15, 0.2) is 0 Å². The molecular formula is C22H22Cl2FN3. The Labute approximate surface area is 174 Å². The molecule has 28 heavy (non-hydrogen) atoms. The number of benzene rings is 2. The summed E-state index contributed by atoms with van der Waals surface area (Å²) in [6.45, 7) is 0. The fraction of sp³-hybridized carbons (Fsp3) is 0.318. The van der Waals surface area contributed by atoms with Crippen LogP contribution < -0.4 is 11.5 Å². The molecule has 0 amide bonds. The summed E-state index contributed by atoms with van der Waals surface area (Å²) in [5.74, 6) is 0.666. The number of rotatable bonds is 5. The summed E-state index contributed by atoms with van der Waals surface area (Å²) in [4.78, 5) is 4.77.